The predicted octanol–water partition coefficient (Wildman–Crippen LogP) is 3.61. The molecule has 0 radical (unpaired) electrons. The first-order chi connectivity index (χ1) is 12.7. The summed E-state index contributed by atoms with van der Waals surface area (Å²) in [5.74, 6) is 0.875. The fourth-order valence-corrected chi connectivity index (χ4v) is 3.50. The minimum atomic E-state index is 0.108. The minimum Gasteiger partial charge on any atom is -0.497 e. The molecule has 0 amide bonds. The van der Waals surface area contributed by atoms with Crippen molar-refractivity contribution in [2.24, 2.45) is 0 Å². The predicted molar refractivity (Wildman–Crippen MR) is 105 cm³/mol. The van der Waals surface area contributed by atoms with Crippen LogP contribution in [0.1, 0.15) is 40.4 Å². The molecule has 1 aliphatic rings. The summed E-state index contributed by atoms with van der Waals surface area (Å²) in [4.78, 5) is 14.9. The van der Waals surface area contributed by atoms with Gasteiger partial charge in [0.05, 0.1) is 13.7 Å². The highest BCUT2D eigenvalue weighted by Crippen LogP contribution is 2.25. The van der Waals surface area contributed by atoms with Crippen molar-refractivity contribution < 1.29 is 9.53 Å². The highest BCUT2D eigenvalue weighted by Gasteiger charge is 2.23. The van der Waals surface area contributed by atoms with E-state index in [1.54, 1.807) is 7.11 Å². The first-order valence-electron chi connectivity index (χ1n) is 9.36. The molecule has 138 valence electrons. The summed E-state index contributed by atoms with van der Waals surface area (Å²) >= 11 is 0. The minimum absolute atomic E-state index is 0.108. The monoisotopic (exact) mass is 352 g/mol. The second-order valence-electron chi connectivity index (χ2n) is 6.95. The van der Waals surface area contributed by atoms with Crippen LogP contribution in [0.4, 0.5) is 0 Å². The van der Waals surface area contributed by atoms with E-state index < -0.39 is 0 Å². The third kappa shape index (κ3) is 4.71. The Morgan fingerprint density at radius 1 is 1.08 bits per heavy atom. The van der Waals surface area contributed by atoms with Crippen LogP contribution < -0.4 is 10.1 Å². The van der Waals surface area contributed by atoms with E-state index in [0.29, 0.717) is 18.2 Å². The van der Waals surface area contributed by atoms with Gasteiger partial charge in [0.25, 0.3) is 0 Å². The van der Waals surface area contributed by atoms with Gasteiger partial charge in [-0.1, -0.05) is 29.8 Å². The lowest BCUT2D eigenvalue weighted by atomic mass is 10.0. The number of nitrogens with zero attached hydrogens (tertiary/aromatic N) is 1. The van der Waals surface area contributed by atoms with Crippen molar-refractivity contribution in [1.82, 2.24) is 10.2 Å². The van der Waals surface area contributed by atoms with Gasteiger partial charge in [-0.3, -0.25) is 9.69 Å². The van der Waals surface area contributed by atoms with E-state index >= 15 is 0 Å². The van der Waals surface area contributed by atoms with Crippen LogP contribution in [0.15, 0.2) is 48.5 Å². The number of methoxy groups -OCH3 is 1. The van der Waals surface area contributed by atoms with Crippen LogP contribution in [0.5, 0.6) is 5.75 Å². The zero-order valence-corrected chi connectivity index (χ0v) is 15.7. The van der Waals surface area contributed by atoms with E-state index in [1.807, 2.05) is 24.3 Å². The Kier molecular flexibility index (Phi) is 6.42. The van der Waals surface area contributed by atoms with Crippen molar-refractivity contribution in [2.75, 3.05) is 33.3 Å². The molecule has 1 atom stereocenters. The molecule has 0 bridgehead atoms. The maximum atomic E-state index is 12.4. The Hall–Kier alpha value is -2.17. The van der Waals surface area contributed by atoms with Gasteiger partial charge in [-0.05, 0) is 62.7 Å². The molecule has 2 aromatic rings. The molecule has 0 spiro atoms. The molecule has 1 heterocycles. The molecule has 1 fully saturated rings. The van der Waals surface area contributed by atoms with Crippen LogP contribution in [0.3, 0.4) is 0 Å². The molecule has 1 aliphatic heterocycles. The van der Waals surface area contributed by atoms with Crippen molar-refractivity contribution in [1.29, 1.82) is 0 Å². The van der Waals surface area contributed by atoms with Crippen LogP contribution in [-0.2, 0) is 0 Å². The Labute approximate surface area is 156 Å². The summed E-state index contributed by atoms with van der Waals surface area (Å²) in [7, 11) is 1.63. The van der Waals surface area contributed by atoms with Gasteiger partial charge in [0.2, 0.25) is 0 Å². The average Bonchev–Trinajstić information content (AvgIpc) is 3.20. The van der Waals surface area contributed by atoms with Gasteiger partial charge in [-0.15, -0.1) is 0 Å². The van der Waals surface area contributed by atoms with E-state index in [4.69, 9.17) is 4.74 Å². The smallest absolute Gasteiger partial charge is 0.176 e. The number of ether oxygens (including phenoxy) is 1. The lowest BCUT2D eigenvalue weighted by Crippen LogP contribution is -2.36. The number of carbonyl (C=O) groups is 1. The summed E-state index contributed by atoms with van der Waals surface area (Å²) < 4.78 is 5.14. The zero-order valence-electron chi connectivity index (χ0n) is 15.7. The van der Waals surface area contributed by atoms with Gasteiger partial charge < -0.3 is 10.1 Å². The Morgan fingerprint density at radius 2 is 1.73 bits per heavy atom. The lowest BCUT2D eigenvalue weighted by Gasteiger charge is -2.28. The van der Waals surface area contributed by atoms with Crippen molar-refractivity contribution >= 4 is 5.78 Å². The number of likely N-dealkylation sites (tertiary alicyclic amines) is 1. The fraction of sp³-hybridized carbons (Fsp3) is 0.409. The highest BCUT2D eigenvalue weighted by molar-refractivity contribution is 5.97. The maximum Gasteiger partial charge on any atom is 0.176 e. The van der Waals surface area contributed by atoms with Crippen LogP contribution in [0, 0.1) is 6.92 Å². The third-order valence-electron chi connectivity index (χ3n) is 5.08. The molecular weight excluding hydrogens is 324 g/mol. The third-order valence-corrected chi connectivity index (χ3v) is 5.08. The first kappa shape index (κ1) is 18.6. The molecule has 26 heavy (non-hydrogen) atoms. The summed E-state index contributed by atoms with van der Waals surface area (Å²) in [5, 5.41) is 3.38. The summed E-state index contributed by atoms with van der Waals surface area (Å²) in [6.45, 7) is 5.51. The van der Waals surface area contributed by atoms with Gasteiger partial charge >= 0.3 is 0 Å². The van der Waals surface area contributed by atoms with E-state index in [0.717, 1.165) is 25.4 Å². The van der Waals surface area contributed by atoms with Crippen LogP contribution in [0.2, 0.25) is 0 Å². The van der Waals surface area contributed by atoms with Gasteiger partial charge in [0.15, 0.2) is 5.78 Å². The molecule has 1 unspecified atom stereocenters. The quantitative estimate of drug-likeness (QED) is 0.737. The largest absolute Gasteiger partial charge is 0.497 e. The highest BCUT2D eigenvalue weighted by atomic mass is 16.5. The fourth-order valence-electron chi connectivity index (χ4n) is 3.50. The average molecular weight is 352 g/mol. The zero-order chi connectivity index (χ0) is 18.4. The maximum absolute atomic E-state index is 12.4. The topological polar surface area (TPSA) is 41.6 Å². The second-order valence-corrected chi connectivity index (χ2v) is 6.95. The standard InChI is InChI=1S/C22H28N2O2/c1-17-5-7-18(8-6-17)21(24-13-3-4-14-24)15-23-16-22(25)19-9-11-20(26-2)12-10-19/h5-12,21,23H,3-4,13-16H2,1-2H3. The Bertz CT molecular complexity index is 704. The normalized spacial score (nSPS) is 15.8. The molecule has 4 nitrogen and oxygen atoms in total. The number of aryl methyl sites for hydroxylation is 1. The molecule has 4 heteroatoms. The summed E-state index contributed by atoms with van der Waals surface area (Å²) in [5.41, 5.74) is 3.31. The number of ketones is 1. The molecule has 0 aromatic heterocycles. The molecule has 0 aliphatic carbocycles. The molecule has 3 rings (SSSR count). The number of Topliss-reactive ketones (excluding diaryl/α,β-unsaturated/α-hetero) is 1. The van der Waals surface area contributed by atoms with E-state index in [2.05, 4.69) is 41.4 Å². The molecule has 1 saturated heterocycles. The summed E-state index contributed by atoms with van der Waals surface area (Å²) in [6.07, 6.45) is 2.51. The van der Waals surface area contributed by atoms with Gasteiger partial charge in [-0.25, -0.2) is 0 Å². The SMILES string of the molecule is COc1ccc(C(=O)CNCC(c2ccc(C)cc2)N2CCCC2)cc1. The number of benzene rings is 2. The van der Waals surface area contributed by atoms with E-state index in [1.165, 1.54) is 24.0 Å². The number of hydrogen-bond donors (Lipinski definition) is 1. The number of hydrogen-bond acceptors (Lipinski definition) is 4. The van der Waals surface area contributed by atoms with Gasteiger partial charge in [-0.2, -0.15) is 0 Å². The van der Waals surface area contributed by atoms with Crippen molar-refractivity contribution in [2.45, 2.75) is 25.8 Å². The lowest BCUT2D eigenvalue weighted by molar-refractivity contribution is 0.0987. The van der Waals surface area contributed by atoms with Crippen LogP contribution in [-0.4, -0.2) is 44.0 Å². The number of rotatable bonds is 8. The van der Waals surface area contributed by atoms with Crippen molar-refractivity contribution in [3.8, 4) is 5.75 Å². The number of carbonyl (C=O) groups excluding carboxylic acids is 1. The Balaban J connectivity index is 1.60. The van der Waals surface area contributed by atoms with Gasteiger partial charge in [0.1, 0.15) is 5.75 Å². The van der Waals surface area contributed by atoms with E-state index in [9.17, 15) is 4.79 Å². The molecule has 2 aromatic carbocycles. The Morgan fingerprint density at radius 3 is 2.35 bits per heavy atom. The van der Waals surface area contributed by atoms with Crippen LogP contribution >= 0.6 is 0 Å². The molecule has 1 N–H and O–H groups in total. The summed E-state index contributed by atoms with van der Waals surface area (Å²) in [6, 6.07) is 16.4. The molecular formula is C22H28N2O2. The molecule has 0 saturated carbocycles. The van der Waals surface area contributed by atoms with E-state index in [-0.39, 0.29) is 5.78 Å². The first-order valence-corrected chi connectivity index (χ1v) is 9.36. The van der Waals surface area contributed by atoms with Gasteiger partial charge in [0, 0.05) is 18.2 Å². The second kappa shape index (κ2) is 8.97. The number of nitrogens with one attached hydrogen (secondary N) is 1. The van der Waals surface area contributed by atoms with Crippen molar-refractivity contribution in [3.63, 3.8) is 0 Å². The van der Waals surface area contributed by atoms with Crippen molar-refractivity contribution in [3.05, 3.63) is 65.2 Å². The van der Waals surface area contributed by atoms with Crippen LogP contribution in [0.25, 0.3) is 0 Å².